The molecule has 2 atom stereocenters. The molecular weight excluding hydrogens is 319 g/mol. The summed E-state index contributed by atoms with van der Waals surface area (Å²) in [5, 5.41) is 6.76. The number of rotatable bonds is 6. The molecule has 0 aromatic heterocycles. The lowest BCUT2D eigenvalue weighted by Gasteiger charge is -2.22. The van der Waals surface area contributed by atoms with Gasteiger partial charge in [0.15, 0.2) is 17.5 Å². The Kier molecular flexibility index (Phi) is 7.05. The fourth-order valence-electron chi connectivity index (χ4n) is 3.10. The van der Waals surface area contributed by atoms with Gasteiger partial charge < -0.3 is 15.4 Å². The van der Waals surface area contributed by atoms with Gasteiger partial charge in [-0.25, -0.2) is 4.39 Å². The molecule has 0 aliphatic carbocycles. The van der Waals surface area contributed by atoms with E-state index in [0.717, 1.165) is 24.6 Å². The van der Waals surface area contributed by atoms with Crippen molar-refractivity contribution in [2.24, 2.45) is 10.9 Å². The van der Waals surface area contributed by atoms with Gasteiger partial charge in [0.25, 0.3) is 0 Å². The first-order valence-electron chi connectivity index (χ1n) is 9.07. The highest BCUT2D eigenvalue weighted by Gasteiger charge is 2.31. The number of ether oxygens (including phenoxy) is 1. The first-order valence-corrected chi connectivity index (χ1v) is 9.07. The van der Waals surface area contributed by atoms with Gasteiger partial charge in [0, 0.05) is 38.8 Å². The van der Waals surface area contributed by atoms with E-state index in [4.69, 9.17) is 4.74 Å². The number of nitrogens with zero attached hydrogens (tertiary/aromatic N) is 2. The molecule has 140 valence electrons. The summed E-state index contributed by atoms with van der Waals surface area (Å²) < 4.78 is 19.2. The molecule has 1 saturated heterocycles. The molecule has 0 amide bonds. The zero-order valence-electron chi connectivity index (χ0n) is 16.0. The number of hydrogen-bond acceptors (Lipinski definition) is 3. The maximum absolute atomic E-state index is 13.9. The van der Waals surface area contributed by atoms with Crippen molar-refractivity contribution in [1.82, 2.24) is 15.5 Å². The highest BCUT2D eigenvalue weighted by molar-refractivity contribution is 5.80. The molecule has 25 heavy (non-hydrogen) atoms. The standard InChI is InChI=1S/C19H31FN4O/c1-6-25-18-8-7-15(9-16(18)20)10-22-19(21-5)23-17-12-24(13(2)3)11-14(17)4/h7-9,13-14,17H,6,10-12H2,1-5H3,(H2,21,22,23). The normalized spacial score (nSPS) is 21.6. The molecule has 2 N–H and O–H groups in total. The molecule has 1 aromatic carbocycles. The van der Waals surface area contributed by atoms with Crippen LogP contribution in [0, 0.1) is 11.7 Å². The monoisotopic (exact) mass is 350 g/mol. The number of nitrogens with one attached hydrogen (secondary N) is 2. The van der Waals surface area contributed by atoms with E-state index in [1.165, 1.54) is 6.07 Å². The number of likely N-dealkylation sites (tertiary alicyclic amines) is 1. The van der Waals surface area contributed by atoms with Gasteiger partial charge in [0.2, 0.25) is 0 Å². The van der Waals surface area contributed by atoms with E-state index in [1.54, 1.807) is 13.1 Å². The second-order valence-electron chi connectivity index (χ2n) is 6.90. The van der Waals surface area contributed by atoms with E-state index >= 15 is 0 Å². The molecule has 0 radical (unpaired) electrons. The molecule has 0 bridgehead atoms. The molecule has 5 nitrogen and oxygen atoms in total. The summed E-state index contributed by atoms with van der Waals surface area (Å²) in [6.45, 7) is 11.6. The van der Waals surface area contributed by atoms with Crippen LogP contribution >= 0.6 is 0 Å². The lowest BCUT2D eigenvalue weighted by Crippen LogP contribution is -2.46. The van der Waals surface area contributed by atoms with Crippen LogP contribution in [0.4, 0.5) is 4.39 Å². The summed E-state index contributed by atoms with van der Waals surface area (Å²) in [5.41, 5.74) is 0.854. The first-order chi connectivity index (χ1) is 11.9. The van der Waals surface area contributed by atoms with Crippen molar-refractivity contribution in [3.8, 4) is 5.75 Å². The number of guanidine groups is 1. The lowest BCUT2D eigenvalue weighted by molar-refractivity contribution is 0.265. The second-order valence-corrected chi connectivity index (χ2v) is 6.90. The van der Waals surface area contributed by atoms with E-state index in [2.05, 4.69) is 41.3 Å². The lowest BCUT2D eigenvalue weighted by atomic mass is 10.1. The van der Waals surface area contributed by atoms with E-state index < -0.39 is 0 Å². The third-order valence-electron chi connectivity index (χ3n) is 4.67. The van der Waals surface area contributed by atoms with Crippen LogP contribution in [0.1, 0.15) is 33.3 Å². The Morgan fingerprint density at radius 1 is 1.40 bits per heavy atom. The summed E-state index contributed by atoms with van der Waals surface area (Å²) in [6.07, 6.45) is 0. The first kappa shape index (κ1) is 19.5. The van der Waals surface area contributed by atoms with Gasteiger partial charge >= 0.3 is 0 Å². The van der Waals surface area contributed by atoms with Crippen LogP contribution in [0.25, 0.3) is 0 Å². The summed E-state index contributed by atoms with van der Waals surface area (Å²) in [7, 11) is 1.76. The van der Waals surface area contributed by atoms with Crippen molar-refractivity contribution in [2.75, 3.05) is 26.7 Å². The van der Waals surface area contributed by atoms with Crippen LogP contribution < -0.4 is 15.4 Å². The highest BCUT2D eigenvalue weighted by atomic mass is 19.1. The summed E-state index contributed by atoms with van der Waals surface area (Å²) in [4.78, 5) is 6.77. The number of aliphatic imine (C=N–C) groups is 1. The molecule has 1 aliphatic rings. The van der Waals surface area contributed by atoms with Crippen molar-refractivity contribution in [1.29, 1.82) is 0 Å². The molecule has 1 heterocycles. The largest absolute Gasteiger partial charge is 0.491 e. The highest BCUT2D eigenvalue weighted by Crippen LogP contribution is 2.19. The van der Waals surface area contributed by atoms with Crippen molar-refractivity contribution >= 4 is 5.96 Å². The maximum atomic E-state index is 13.9. The van der Waals surface area contributed by atoms with Gasteiger partial charge in [-0.2, -0.15) is 0 Å². The Bertz CT molecular complexity index is 591. The van der Waals surface area contributed by atoms with Crippen LogP contribution in [0.5, 0.6) is 5.75 Å². The summed E-state index contributed by atoms with van der Waals surface area (Å²) in [6, 6.07) is 5.96. The fraction of sp³-hybridized carbons (Fsp3) is 0.632. The molecule has 0 saturated carbocycles. The Morgan fingerprint density at radius 2 is 2.16 bits per heavy atom. The Morgan fingerprint density at radius 3 is 2.72 bits per heavy atom. The molecule has 6 heteroatoms. The van der Waals surface area contributed by atoms with E-state index in [-0.39, 0.29) is 5.82 Å². The van der Waals surface area contributed by atoms with E-state index in [0.29, 0.717) is 36.9 Å². The maximum Gasteiger partial charge on any atom is 0.191 e. The summed E-state index contributed by atoms with van der Waals surface area (Å²) >= 11 is 0. The molecule has 0 spiro atoms. The second kappa shape index (κ2) is 9.04. The van der Waals surface area contributed by atoms with Crippen LogP contribution in [-0.4, -0.2) is 49.7 Å². The van der Waals surface area contributed by atoms with Crippen molar-refractivity contribution < 1.29 is 9.13 Å². The minimum Gasteiger partial charge on any atom is -0.491 e. The molecule has 2 unspecified atom stereocenters. The minimum absolute atomic E-state index is 0.294. The minimum atomic E-state index is -0.332. The quantitative estimate of drug-likeness (QED) is 0.612. The molecular formula is C19H31FN4O. The third-order valence-corrected chi connectivity index (χ3v) is 4.67. The topological polar surface area (TPSA) is 48.9 Å². The number of hydrogen-bond donors (Lipinski definition) is 2. The van der Waals surface area contributed by atoms with Gasteiger partial charge in [-0.05, 0) is 44.4 Å². The molecule has 1 aliphatic heterocycles. The van der Waals surface area contributed by atoms with Gasteiger partial charge in [-0.15, -0.1) is 0 Å². The molecule has 1 aromatic rings. The van der Waals surface area contributed by atoms with Gasteiger partial charge in [-0.3, -0.25) is 9.89 Å². The molecule has 2 rings (SSSR count). The average Bonchev–Trinajstić information content (AvgIpc) is 2.95. The van der Waals surface area contributed by atoms with Crippen LogP contribution in [0.3, 0.4) is 0 Å². The van der Waals surface area contributed by atoms with Gasteiger partial charge in [0.05, 0.1) is 6.61 Å². The number of halogens is 1. The van der Waals surface area contributed by atoms with Crippen LogP contribution in [0.15, 0.2) is 23.2 Å². The Labute approximate surface area is 150 Å². The SMILES string of the molecule is CCOc1ccc(CNC(=NC)NC2CN(C(C)C)CC2C)cc1F. The fourth-order valence-corrected chi connectivity index (χ4v) is 3.10. The zero-order valence-corrected chi connectivity index (χ0v) is 16.0. The van der Waals surface area contributed by atoms with E-state index in [9.17, 15) is 4.39 Å². The van der Waals surface area contributed by atoms with Gasteiger partial charge in [-0.1, -0.05) is 13.0 Å². The van der Waals surface area contributed by atoms with Gasteiger partial charge in [0.1, 0.15) is 0 Å². The van der Waals surface area contributed by atoms with Crippen molar-refractivity contribution in [3.63, 3.8) is 0 Å². The van der Waals surface area contributed by atoms with Crippen molar-refractivity contribution in [2.45, 2.75) is 46.3 Å². The number of benzene rings is 1. The van der Waals surface area contributed by atoms with Crippen LogP contribution in [0.2, 0.25) is 0 Å². The third kappa shape index (κ3) is 5.33. The predicted octanol–water partition coefficient (Wildman–Crippen LogP) is 2.62. The van der Waals surface area contributed by atoms with Crippen LogP contribution in [-0.2, 0) is 6.54 Å². The van der Waals surface area contributed by atoms with E-state index in [1.807, 2.05) is 13.0 Å². The predicted molar refractivity (Wildman–Crippen MR) is 101 cm³/mol. The average molecular weight is 350 g/mol. The molecule has 1 fully saturated rings. The Balaban J connectivity index is 1.89. The zero-order chi connectivity index (χ0) is 18.4. The smallest absolute Gasteiger partial charge is 0.191 e. The summed E-state index contributed by atoms with van der Waals surface area (Å²) in [5.74, 6) is 1.27. The Hall–Kier alpha value is -1.82. The van der Waals surface area contributed by atoms with Crippen molar-refractivity contribution in [3.05, 3.63) is 29.6 Å².